The molecule has 0 radical (unpaired) electrons. The van der Waals surface area contributed by atoms with Crippen LogP contribution < -0.4 is 21.9 Å². The molecule has 0 amide bonds. The number of hydrogen-bond acceptors (Lipinski definition) is 6. The van der Waals surface area contributed by atoms with Gasteiger partial charge in [-0.05, 0) is 4.73 Å². The van der Waals surface area contributed by atoms with Gasteiger partial charge in [-0.15, -0.1) is 0 Å². The van der Waals surface area contributed by atoms with E-state index in [-0.39, 0.29) is 27.5 Å². The summed E-state index contributed by atoms with van der Waals surface area (Å²) in [6, 6.07) is 0. The van der Waals surface area contributed by atoms with Gasteiger partial charge in [-0.25, -0.2) is 4.73 Å². The van der Waals surface area contributed by atoms with Crippen LogP contribution in [0.15, 0.2) is 4.42 Å². The van der Waals surface area contributed by atoms with E-state index >= 15 is 0 Å². The lowest BCUT2D eigenvalue weighted by Crippen LogP contribution is -2.29. The smallest absolute Gasteiger partial charge is 0.396 e. The number of rotatable bonds is 0. The Morgan fingerprint density at radius 3 is 2.54 bits per heavy atom. The monoisotopic (exact) mass is 185 g/mol. The van der Waals surface area contributed by atoms with Crippen LogP contribution in [0.25, 0.3) is 11.2 Å². The highest BCUT2D eigenvalue weighted by Gasteiger charge is 2.25. The zero-order chi connectivity index (χ0) is 9.75. The molecule has 2 heterocycles. The number of nitrogens with two attached hydrogens (primary N) is 3. The number of nitrogen functional groups attached to an aromatic ring is 3. The number of nitrogens with zero attached hydrogens (tertiary/aromatic N) is 2. The number of anilines is 3. The van der Waals surface area contributed by atoms with Crippen LogP contribution in [0.3, 0.4) is 0 Å². The predicted octanol–water partition coefficient (Wildman–Crippen LogP) is -1.15. The van der Waals surface area contributed by atoms with Crippen LogP contribution in [0.4, 0.5) is 17.5 Å². The van der Waals surface area contributed by atoms with Crippen LogP contribution in [-0.2, 0) is 0 Å². The second-order valence-corrected chi connectivity index (χ2v) is 2.50. The quantitative estimate of drug-likeness (QED) is 0.232. The molecule has 13 heavy (non-hydrogen) atoms. The molecule has 8 nitrogen and oxygen atoms in total. The van der Waals surface area contributed by atoms with Gasteiger partial charge < -0.3 is 26.3 Å². The maximum atomic E-state index is 11.1. The Morgan fingerprint density at radius 2 is 2.00 bits per heavy atom. The normalized spacial score (nSPS) is 11.1. The van der Waals surface area contributed by atoms with Crippen molar-refractivity contribution in [1.82, 2.24) is 4.73 Å². The molecule has 8 heteroatoms. The Kier molecular flexibility index (Phi) is 1.09. The fraction of sp³-hybridized carbons (Fsp3) is 0. The van der Waals surface area contributed by atoms with Crippen LogP contribution in [-0.4, -0.2) is 9.94 Å². The van der Waals surface area contributed by atoms with Crippen molar-refractivity contribution in [2.75, 3.05) is 17.2 Å². The van der Waals surface area contributed by atoms with Gasteiger partial charge >= 0.3 is 11.7 Å². The van der Waals surface area contributed by atoms with Crippen LogP contribution in [0.2, 0.25) is 0 Å². The van der Waals surface area contributed by atoms with Gasteiger partial charge in [-0.2, -0.15) is 0 Å². The maximum Gasteiger partial charge on any atom is 0.396 e. The number of fused-ring (bicyclic) bond motifs is 1. The summed E-state index contributed by atoms with van der Waals surface area (Å²) < 4.78 is 5.40. The van der Waals surface area contributed by atoms with E-state index in [9.17, 15) is 10.4 Å². The molecule has 0 aliphatic carbocycles. The molecule has 0 unspecified atom stereocenters. The van der Waals surface area contributed by atoms with E-state index < -0.39 is 5.95 Å². The summed E-state index contributed by atoms with van der Waals surface area (Å²) in [6.45, 7) is 0. The van der Waals surface area contributed by atoms with E-state index in [1.807, 2.05) is 0 Å². The molecule has 2 aromatic rings. The summed E-state index contributed by atoms with van der Waals surface area (Å²) in [6.07, 6.45) is 0. The van der Waals surface area contributed by atoms with Crippen molar-refractivity contribution in [1.29, 1.82) is 0 Å². The first-order chi connectivity index (χ1) is 6.04. The molecule has 70 valence electrons. The maximum absolute atomic E-state index is 11.1. The first kappa shape index (κ1) is 7.40. The minimum atomic E-state index is -0.430. The number of furan rings is 1. The van der Waals surface area contributed by atoms with Crippen LogP contribution in [0, 0.1) is 5.21 Å². The lowest BCUT2D eigenvalue weighted by atomic mass is 10.4. The number of aromatic nitrogens is 2. The van der Waals surface area contributed by atoms with Gasteiger partial charge in [0.15, 0.2) is 0 Å². The van der Waals surface area contributed by atoms with E-state index in [0.29, 0.717) is 4.73 Å². The van der Waals surface area contributed by atoms with E-state index in [0.717, 1.165) is 0 Å². The van der Waals surface area contributed by atoms with E-state index in [4.69, 9.17) is 21.6 Å². The number of hydrogen-bond donors (Lipinski definition) is 4. The predicted molar refractivity (Wildman–Crippen MR) is 43.6 cm³/mol. The summed E-state index contributed by atoms with van der Waals surface area (Å²) in [7, 11) is 0. The highest BCUT2D eigenvalue weighted by atomic mass is 16.5. The Balaban J connectivity index is 3.01. The van der Waals surface area contributed by atoms with Crippen LogP contribution >= 0.6 is 0 Å². The molecule has 0 aliphatic heterocycles. The molecule has 0 saturated heterocycles. The lowest BCUT2D eigenvalue weighted by Gasteiger charge is -1.97. The molecular weight excluding hydrogens is 178 g/mol. The van der Waals surface area contributed by atoms with Crippen LogP contribution in [0.1, 0.15) is 0 Å². The number of imidazole rings is 1. The Morgan fingerprint density at radius 1 is 1.38 bits per heavy atom. The lowest BCUT2D eigenvalue weighted by molar-refractivity contribution is -0.570. The van der Waals surface area contributed by atoms with Gasteiger partial charge in [0.05, 0.1) is 0 Å². The molecule has 0 aromatic carbocycles. The highest BCUT2D eigenvalue weighted by molar-refractivity contribution is 5.89. The van der Waals surface area contributed by atoms with Crippen molar-refractivity contribution >= 4 is 28.8 Å². The van der Waals surface area contributed by atoms with Gasteiger partial charge in [0.2, 0.25) is 5.88 Å². The summed E-state index contributed by atoms with van der Waals surface area (Å²) >= 11 is 0. The SMILES string of the molecule is Nc1oc2c(c1N)n(O)c(N)[n+]2[O-]. The van der Waals surface area contributed by atoms with Crippen LogP contribution in [0.5, 0.6) is 0 Å². The standard InChI is InChI=1S/C5H7N5O3/c6-1-2-4(13-3(1)7)10(12)5(8)9(2)11/h11H,6-8H2. The van der Waals surface area contributed by atoms with Gasteiger partial charge in [0, 0.05) is 0 Å². The Hall–Kier alpha value is -2.25. The first-order valence-corrected chi connectivity index (χ1v) is 3.30. The van der Waals surface area contributed by atoms with Gasteiger partial charge in [-0.1, -0.05) is 0 Å². The third-order valence-electron chi connectivity index (χ3n) is 1.75. The zero-order valence-corrected chi connectivity index (χ0v) is 6.39. The van der Waals surface area contributed by atoms with Gasteiger partial charge in [-0.3, -0.25) is 5.73 Å². The van der Waals surface area contributed by atoms with Crippen molar-refractivity contribution in [2.24, 2.45) is 0 Å². The molecule has 2 aromatic heterocycles. The highest BCUT2D eigenvalue weighted by Crippen LogP contribution is 2.29. The molecule has 0 atom stereocenters. The van der Waals surface area contributed by atoms with E-state index in [1.54, 1.807) is 0 Å². The molecule has 0 aliphatic rings. The average Bonchev–Trinajstić information content (AvgIpc) is 2.48. The van der Waals surface area contributed by atoms with Crippen molar-refractivity contribution in [2.45, 2.75) is 0 Å². The molecule has 7 N–H and O–H groups in total. The molecule has 0 spiro atoms. The second kappa shape index (κ2) is 1.91. The first-order valence-electron chi connectivity index (χ1n) is 3.30. The average molecular weight is 185 g/mol. The summed E-state index contributed by atoms with van der Waals surface area (Å²) in [5, 5.41) is 20.4. The molecule has 0 bridgehead atoms. The van der Waals surface area contributed by atoms with Gasteiger partial charge in [0.1, 0.15) is 5.69 Å². The minimum Gasteiger partial charge on any atom is -0.737 e. The Labute approximate surface area is 71.3 Å². The van der Waals surface area contributed by atoms with Crippen molar-refractivity contribution in [3.05, 3.63) is 5.21 Å². The van der Waals surface area contributed by atoms with Gasteiger partial charge in [0.25, 0.3) is 5.52 Å². The molecule has 0 fully saturated rings. The minimum absolute atomic E-state index is 0.0150. The molecule has 0 saturated carbocycles. The third-order valence-corrected chi connectivity index (χ3v) is 1.75. The van der Waals surface area contributed by atoms with E-state index in [2.05, 4.69) is 0 Å². The summed E-state index contributed by atoms with van der Waals surface area (Å²) in [4.78, 5) is 0. The fourth-order valence-electron chi connectivity index (χ4n) is 1.09. The van der Waals surface area contributed by atoms with Crippen molar-refractivity contribution in [3.63, 3.8) is 0 Å². The summed E-state index contributed by atoms with van der Waals surface area (Å²) in [5.74, 6) is -0.558. The molecule has 2 rings (SSSR count). The van der Waals surface area contributed by atoms with Crippen molar-refractivity contribution in [3.8, 4) is 0 Å². The fourth-order valence-corrected chi connectivity index (χ4v) is 1.09. The molecular formula is C5H7N5O3. The largest absolute Gasteiger partial charge is 0.737 e. The van der Waals surface area contributed by atoms with Crippen molar-refractivity contribution < 1.29 is 14.4 Å². The Bertz CT molecular complexity index is 484. The third kappa shape index (κ3) is 0.662. The summed E-state index contributed by atoms with van der Waals surface area (Å²) in [5.41, 5.74) is 15.6. The van der Waals surface area contributed by atoms with E-state index in [1.165, 1.54) is 0 Å². The second-order valence-electron chi connectivity index (χ2n) is 2.50. The zero-order valence-electron chi connectivity index (χ0n) is 6.39. The topological polar surface area (TPSA) is 143 Å².